The second-order valence-corrected chi connectivity index (χ2v) is 7.18. The average Bonchev–Trinajstić information content (AvgIpc) is 3.39. The standard InChI is InChI=1S/C21H10F9N3O/c22-15-7-17(24)16(23)6-13(15)19-31-8-10(32-19)4-11-5-18(33-34-11)12-2-1-9(20(25,26)27)3-14(12)21(28,29)30/h1-3,5-8,10H,4H2. The second-order valence-electron chi connectivity index (χ2n) is 7.18. The zero-order valence-electron chi connectivity index (χ0n) is 16.5. The summed E-state index contributed by atoms with van der Waals surface area (Å²) in [5.41, 5.74) is -4.39. The molecule has 1 aliphatic rings. The third kappa shape index (κ3) is 4.68. The molecule has 2 aromatic carbocycles. The highest BCUT2D eigenvalue weighted by atomic mass is 19.4. The third-order valence-corrected chi connectivity index (χ3v) is 4.81. The molecule has 0 saturated carbocycles. The van der Waals surface area contributed by atoms with Gasteiger partial charge in [-0.2, -0.15) is 26.3 Å². The third-order valence-electron chi connectivity index (χ3n) is 4.81. The average molecular weight is 491 g/mol. The van der Waals surface area contributed by atoms with Gasteiger partial charge in [0.2, 0.25) is 0 Å². The molecule has 0 spiro atoms. The van der Waals surface area contributed by atoms with Crippen molar-refractivity contribution < 1.29 is 44.0 Å². The Morgan fingerprint density at radius 1 is 0.794 bits per heavy atom. The van der Waals surface area contributed by atoms with Crippen LogP contribution >= 0.6 is 0 Å². The first kappa shape index (κ1) is 23.5. The number of nitrogens with zero attached hydrogens (tertiary/aromatic N) is 3. The molecule has 0 saturated heterocycles. The predicted octanol–water partition coefficient (Wildman–Crippen LogP) is 6.24. The van der Waals surface area contributed by atoms with Gasteiger partial charge in [-0.25, -0.2) is 18.2 Å². The molecule has 1 atom stereocenters. The minimum absolute atomic E-state index is 0.00947. The van der Waals surface area contributed by atoms with E-state index in [1.165, 1.54) is 6.21 Å². The molecule has 3 aromatic rings. The van der Waals surface area contributed by atoms with Crippen LogP contribution in [-0.4, -0.2) is 23.2 Å². The van der Waals surface area contributed by atoms with Gasteiger partial charge in [0.25, 0.3) is 0 Å². The van der Waals surface area contributed by atoms with Gasteiger partial charge >= 0.3 is 12.4 Å². The fraction of sp³-hybridized carbons (Fsp3) is 0.190. The lowest BCUT2D eigenvalue weighted by Crippen LogP contribution is -2.12. The topological polar surface area (TPSA) is 50.8 Å². The second kappa shape index (κ2) is 8.29. The molecule has 4 rings (SSSR count). The molecule has 34 heavy (non-hydrogen) atoms. The molecule has 1 unspecified atom stereocenters. The predicted molar refractivity (Wildman–Crippen MR) is 101 cm³/mol. The van der Waals surface area contributed by atoms with Crippen molar-refractivity contribution in [3.63, 3.8) is 0 Å². The van der Waals surface area contributed by atoms with Crippen LogP contribution in [0.3, 0.4) is 0 Å². The number of halogens is 9. The summed E-state index contributed by atoms with van der Waals surface area (Å²) in [6.07, 6.45) is -8.94. The number of rotatable bonds is 4. The molecule has 1 aliphatic heterocycles. The van der Waals surface area contributed by atoms with Crippen LogP contribution in [0.25, 0.3) is 11.3 Å². The first-order valence-corrected chi connectivity index (χ1v) is 9.34. The van der Waals surface area contributed by atoms with Crippen LogP contribution in [0.5, 0.6) is 0 Å². The number of aromatic nitrogens is 1. The van der Waals surface area contributed by atoms with Gasteiger partial charge in [0, 0.05) is 30.3 Å². The van der Waals surface area contributed by atoms with Crippen LogP contribution in [0.4, 0.5) is 39.5 Å². The number of aliphatic imine (C=N–C) groups is 2. The van der Waals surface area contributed by atoms with E-state index in [1.54, 1.807) is 0 Å². The maximum absolute atomic E-state index is 13.9. The fourth-order valence-corrected chi connectivity index (χ4v) is 3.23. The van der Waals surface area contributed by atoms with Crippen molar-refractivity contribution in [1.82, 2.24) is 5.16 Å². The molecule has 0 aliphatic carbocycles. The van der Waals surface area contributed by atoms with E-state index >= 15 is 0 Å². The van der Waals surface area contributed by atoms with Gasteiger partial charge in [0.05, 0.1) is 22.7 Å². The van der Waals surface area contributed by atoms with E-state index in [9.17, 15) is 39.5 Å². The minimum atomic E-state index is -5.10. The SMILES string of the molecule is Fc1cc(F)c(C2=NC(Cc3cc(-c4ccc(C(F)(F)F)cc4C(F)(F)F)no3)C=N2)cc1F. The molecule has 0 N–H and O–H groups in total. The first-order chi connectivity index (χ1) is 15.8. The van der Waals surface area contributed by atoms with E-state index in [2.05, 4.69) is 15.1 Å². The Hall–Kier alpha value is -3.64. The molecule has 0 amide bonds. The minimum Gasteiger partial charge on any atom is -0.361 e. The van der Waals surface area contributed by atoms with Crippen molar-refractivity contribution in [1.29, 1.82) is 0 Å². The van der Waals surface area contributed by atoms with Gasteiger partial charge in [0.1, 0.15) is 17.3 Å². The van der Waals surface area contributed by atoms with Crippen molar-refractivity contribution in [2.75, 3.05) is 0 Å². The number of benzene rings is 2. The van der Waals surface area contributed by atoms with Gasteiger partial charge < -0.3 is 4.52 Å². The molecule has 13 heteroatoms. The number of hydrogen-bond donors (Lipinski definition) is 0. The molecule has 0 radical (unpaired) electrons. The lowest BCUT2D eigenvalue weighted by molar-refractivity contribution is -0.142. The largest absolute Gasteiger partial charge is 0.417 e. The maximum Gasteiger partial charge on any atom is 0.417 e. The van der Waals surface area contributed by atoms with Crippen molar-refractivity contribution in [2.45, 2.75) is 24.8 Å². The van der Waals surface area contributed by atoms with E-state index < -0.39 is 58.1 Å². The maximum atomic E-state index is 13.9. The molecular weight excluding hydrogens is 481 g/mol. The lowest BCUT2D eigenvalue weighted by Gasteiger charge is -2.14. The summed E-state index contributed by atoms with van der Waals surface area (Å²) in [5, 5.41) is 3.51. The summed E-state index contributed by atoms with van der Waals surface area (Å²) < 4.78 is 124. The Kier molecular flexibility index (Phi) is 5.74. The summed E-state index contributed by atoms with van der Waals surface area (Å²) >= 11 is 0. The van der Waals surface area contributed by atoms with Gasteiger partial charge in [-0.05, 0) is 18.2 Å². The van der Waals surface area contributed by atoms with Crippen molar-refractivity contribution in [2.24, 2.45) is 9.98 Å². The highest BCUT2D eigenvalue weighted by Gasteiger charge is 2.39. The van der Waals surface area contributed by atoms with Crippen LogP contribution in [0.1, 0.15) is 22.5 Å². The summed E-state index contributed by atoms with van der Waals surface area (Å²) in [4.78, 5) is 7.87. The Morgan fingerprint density at radius 2 is 1.50 bits per heavy atom. The van der Waals surface area contributed by atoms with E-state index in [0.717, 1.165) is 6.07 Å². The van der Waals surface area contributed by atoms with Gasteiger partial charge in [-0.15, -0.1) is 0 Å². The summed E-state index contributed by atoms with van der Waals surface area (Å²) in [5.74, 6) is -4.02. The Bertz CT molecular complexity index is 1310. The van der Waals surface area contributed by atoms with E-state index in [1.807, 2.05) is 0 Å². The van der Waals surface area contributed by atoms with E-state index in [0.29, 0.717) is 24.3 Å². The van der Waals surface area contributed by atoms with Crippen molar-refractivity contribution in [3.05, 3.63) is 76.3 Å². The fourth-order valence-electron chi connectivity index (χ4n) is 3.23. The van der Waals surface area contributed by atoms with Crippen molar-refractivity contribution >= 4 is 12.1 Å². The Morgan fingerprint density at radius 3 is 2.18 bits per heavy atom. The van der Waals surface area contributed by atoms with E-state index in [-0.39, 0.29) is 29.8 Å². The van der Waals surface area contributed by atoms with Crippen molar-refractivity contribution in [3.8, 4) is 11.3 Å². The zero-order chi connectivity index (χ0) is 24.8. The molecule has 0 fully saturated rings. The van der Waals surface area contributed by atoms with E-state index in [4.69, 9.17) is 4.52 Å². The molecule has 178 valence electrons. The highest BCUT2D eigenvalue weighted by molar-refractivity contribution is 6.07. The quantitative estimate of drug-likeness (QED) is 0.321. The monoisotopic (exact) mass is 491 g/mol. The molecular formula is C21H10F9N3O. The smallest absolute Gasteiger partial charge is 0.361 e. The molecule has 0 bridgehead atoms. The first-order valence-electron chi connectivity index (χ1n) is 9.34. The Balaban J connectivity index is 1.59. The number of hydrogen-bond acceptors (Lipinski definition) is 4. The van der Waals surface area contributed by atoms with Crippen LogP contribution < -0.4 is 0 Å². The summed E-state index contributed by atoms with van der Waals surface area (Å²) in [6.45, 7) is 0. The van der Waals surface area contributed by atoms with Crippen LogP contribution in [0.15, 0.2) is 50.9 Å². The van der Waals surface area contributed by atoms with Crippen LogP contribution in [-0.2, 0) is 18.8 Å². The Labute approximate surface area is 184 Å². The molecule has 2 heterocycles. The number of amidine groups is 1. The summed E-state index contributed by atoms with van der Waals surface area (Å²) in [6, 6.07) is 2.34. The highest BCUT2D eigenvalue weighted by Crippen LogP contribution is 2.40. The molecule has 1 aromatic heterocycles. The van der Waals surface area contributed by atoms with Gasteiger partial charge in [-0.1, -0.05) is 11.2 Å². The van der Waals surface area contributed by atoms with Crippen LogP contribution in [0, 0.1) is 17.5 Å². The van der Waals surface area contributed by atoms with Gasteiger partial charge in [-0.3, -0.25) is 4.99 Å². The number of alkyl halides is 6. The zero-order valence-corrected chi connectivity index (χ0v) is 16.5. The lowest BCUT2D eigenvalue weighted by atomic mass is 10.00. The summed E-state index contributed by atoms with van der Waals surface area (Å²) in [7, 11) is 0. The molecule has 4 nitrogen and oxygen atoms in total. The normalized spacial score (nSPS) is 16.3. The van der Waals surface area contributed by atoms with Crippen LogP contribution in [0.2, 0.25) is 0 Å². The van der Waals surface area contributed by atoms with Gasteiger partial charge in [0.15, 0.2) is 17.5 Å².